The summed E-state index contributed by atoms with van der Waals surface area (Å²) in [5, 5.41) is 0. The molecule has 0 radical (unpaired) electrons. The number of rotatable bonds is 4. The third-order valence-electron chi connectivity index (χ3n) is 5.24. The van der Waals surface area contributed by atoms with Crippen molar-refractivity contribution < 1.29 is 9.53 Å². The van der Waals surface area contributed by atoms with E-state index in [0.29, 0.717) is 19.1 Å². The maximum atomic E-state index is 12.5. The Labute approximate surface area is 155 Å². The Morgan fingerprint density at radius 3 is 2.52 bits per heavy atom. The number of hydrogen-bond donors (Lipinski definition) is 0. The molecule has 0 atom stereocenters. The van der Waals surface area contributed by atoms with E-state index in [2.05, 4.69) is 35.0 Å². The molecule has 0 bridgehead atoms. The molecule has 1 aromatic rings. The fourth-order valence-electron chi connectivity index (χ4n) is 3.72. The lowest BCUT2D eigenvalue weighted by molar-refractivity contribution is -0.117. The molecule has 2 saturated heterocycles. The molecule has 2 aliphatic rings. The Kier molecular flexibility index (Phi) is 6.20. The highest BCUT2D eigenvalue weighted by Crippen LogP contribution is 2.32. The molecular formula is C19H28ClN3O2. The van der Waals surface area contributed by atoms with E-state index in [1.807, 2.05) is 4.90 Å². The summed E-state index contributed by atoms with van der Waals surface area (Å²) < 4.78 is 5.47. The summed E-state index contributed by atoms with van der Waals surface area (Å²) in [7, 11) is 2.15. The van der Waals surface area contributed by atoms with Gasteiger partial charge in [0.25, 0.3) is 0 Å². The van der Waals surface area contributed by atoms with Crippen molar-refractivity contribution in [1.82, 2.24) is 4.90 Å². The summed E-state index contributed by atoms with van der Waals surface area (Å²) in [5.41, 5.74) is 3.15. The van der Waals surface area contributed by atoms with E-state index < -0.39 is 0 Å². The summed E-state index contributed by atoms with van der Waals surface area (Å²) in [4.78, 5) is 19.1. The Morgan fingerprint density at radius 2 is 1.92 bits per heavy atom. The van der Waals surface area contributed by atoms with Gasteiger partial charge in [0.05, 0.1) is 5.69 Å². The molecular weight excluding hydrogens is 338 g/mol. The van der Waals surface area contributed by atoms with Crippen molar-refractivity contribution in [2.75, 3.05) is 56.2 Å². The van der Waals surface area contributed by atoms with Gasteiger partial charge in [0.1, 0.15) is 0 Å². The van der Waals surface area contributed by atoms with Crippen LogP contribution in [0.4, 0.5) is 11.4 Å². The molecule has 0 spiro atoms. The van der Waals surface area contributed by atoms with Crippen LogP contribution in [0.25, 0.3) is 0 Å². The number of carbonyl (C=O) groups is 1. The SMILES string of the molecule is CC(=O)N(c1cc(N2CCN(C)CC2)ccc1CCl)C1CCOCC1. The van der Waals surface area contributed by atoms with Crippen LogP contribution >= 0.6 is 11.6 Å². The highest BCUT2D eigenvalue weighted by molar-refractivity contribution is 6.17. The van der Waals surface area contributed by atoms with Crippen molar-refractivity contribution in [3.05, 3.63) is 23.8 Å². The van der Waals surface area contributed by atoms with Crippen LogP contribution in [-0.4, -0.2) is 63.3 Å². The van der Waals surface area contributed by atoms with E-state index >= 15 is 0 Å². The molecule has 0 unspecified atom stereocenters. The van der Waals surface area contributed by atoms with Gasteiger partial charge >= 0.3 is 0 Å². The van der Waals surface area contributed by atoms with Crippen LogP contribution in [0.15, 0.2) is 18.2 Å². The zero-order chi connectivity index (χ0) is 17.8. The van der Waals surface area contributed by atoms with E-state index in [1.165, 1.54) is 5.69 Å². The van der Waals surface area contributed by atoms with Crippen LogP contribution in [-0.2, 0) is 15.4 Å². The quantitative estimate of drug-likeness (QED) is 0.769. The van der Waals surface area contributed by atoms with Crippen molar-refractivity contribution in [3.8, 4) is 0 Å². The van der Waals surface area contributed by atoms with E-state index in [0.717, 1.165) is 50.3 Å². The average Bonchev–Trinajstić information content (AvgIpc) is 2.63. The normalized spacial score (nSPS) is 19.9. The summed E-state index contributed by atoms with van der Waals surface area (Å²) in [6.45, 7) is 7.20. The van der Waals surface area contributed by atoms with Crippen molar-refractivity contribution in [2.45, 2.75) is 31.7 Å². The number of halogens is 1. The first kappa shape index (κ1) is 18.5. The van der Waals surface area contributed by atoms with E-state index in [1.54, 1.807) is 6.92 Å². The lowest BCUT2D eigenvalue weighted by Crippen LogP contribution is -2.45. The second-order valence-corrected chi connectivity index (χ2v) is 7.24. The number of piperazine rings is 1. The zero-order valence-electron chi connectivity index (χ0n) is 15.2. The monoisotopic (exact) mass is 365 g/mol. The van der Waals surface area contributed by atoms with Gasteiger partial charge in [0.2, 0.25) is 5.91 Å². The van der Waals surface area contributed by atoms with Gasteiger partial charge in [-0.1, -0.05) is 6.07 Å². The number of alkyl halides is 1. The van der Waals surface area contributed by atoms with Gasteiger partial charge < -0.3 is 19.4 Å². The maximum Gasteiger partial charge on any atom is 0.224 e. The fourth-order valence-corrected chi connectivity index (χ4v) is 3.94. The van der Waals surface area contributed by atoms with Gasteiger partial charge in [-0.05, 0) is 37.6 Å². The predicted octanol–water partition coefficient (Wildman–Crippen LogP) is 2.71. The van der Waals surface area contributed by atoms with Gasteiger partial charge in [-0.3, -0.25) is 4.79 Å². The van der Waals surface area contributed by atoms with E-state index in [-0.39, 0.29) is 11.9 Å². The number of likely N-dealkylation sites (N-methyl/N-ethyl adjacent to an activating group) is 1. The first-order valence-corrected chi connectivity index (χ1v) is 9.63. The Morgan fingerprint density at radius 1 is 1.24 bits per heavy atom. The molecule has 2 aliphatic heterocycles. The number of carbonyl (C=O) groups excluding carboxylic acids is 1. The minimum atomic E-state index is 0.0776. The summed E-state index contributed by atoms with van der Waals surface area (Å²) >= 11 is 6.19. The Bertz CT molecular complexity index is 596. The summed E-state index contributed by atoms with van der Waals surface area (Å²) in [5.74, 6) is 0.486. The maximum absolute atomic E-state index is 12.5. The molecule has 6 heteroatoms. The molecule has 5 nitrogen and oxygen atoms in total. The van der Waals surface area contributed by atoms with Crippen LogP contribution in [0, 0.1) is 0 Å². The standard InChI is InChI=1S/C19H28ClN3O2/c1-15(24)23(17-5-11-25-12-6-17)19-13-18(4-3-16(19)14-20)22-9-7-21(2)8-10-22/h3-4,13,17H,5-12,14H2,1-2H3. The molecule has 0 saturated carbocycles. The van der Waals surface area contributed by atoms with Crippen molar-refractivity contribution in [3.63, 3.8) is 0 Å². The van der Waals surface area contributed by atoms with Gasteiger partial charge in [0.15, 0.2) is 0 Å². The molecule has 138 valence electrons. The Hall–Kier alpha value is -1.30. The van der Waals surface area contributed by atoms with Crippen LogP contribution < -0.4 is 9.80 Å². The first-order valence-electron chi connectivity index (χ1n) is 9.10. The topological polar surface area (TPSA) is 36.0 Å². The summed E-state index contributed by atoms with van der Waals surface area (Å²) in [6.07, 6.45) is 1.75. The van der Waals surface area contributed by atoms with Crippen LogP contribution in [0.5, 0.6) is 0 Å². The van der Waals surface area contributed by atoms with E-state index in [4.69, 9.17) is 16.3 Å². The largest absolute Gasteiger partial charge is 0.381 e. The number of nitrogens with zero attached hydrogens (tertiary/aromatic N) is 3. The number of benzene rings is 1. The van der Waals surface area contributed by atoms with Crippen LogP contribution in [0.2, 0.25) is 0 Å². The smallest absolute Gasteiger partial charge is 0.224 e. The van der Waals surface area contributed by atoms with Crippen LogP contribution in [0.3, 0.4) is 0 Å². The van der Waals surface area contributed by atoms with Gasteiger partial charge in [0, 0.05) is 63.9 Å². The highest BCUT2D eigenvalue weighted by Gasteiger charge is 2.27. The minimum absolute atomic E-state index is 0.0776. The second-order valence-electron chi connectivity index (χ2n) is 6.97. The van der Waals surface area contributed by atoms with Crippen molar-refractivity contribution >= 4 is 28.9 Å². The predicted molar refractivity (Wildman–Crippen MR) is 103 cm³/mol. The minimum Gasteiger partial charge on any atom is -0.381 e. The van der Waals surface area contributed by atoms with Crippen molar-refractivity contribution in [2.24, 2.45) is 0 Å². The second kappa shape index (κ2) is 8.39. The molecule has 0 aromatic heterocycles. The van der Waals surface area contributed by atoms with Gasteiger partial charge in [-0.2, -0.15) is 0 Å². The third kappa shape index (κ3) is 4.27. The molecule has 0 N–H and O–H groups in total. The highest BCUT2D eigenvalue weighted by atomic mass is 35.5. The number of ether oxygens (including phenoxy) is 1. The number of amides is 1. The summed E-state index contributed by atoms with van der Waals surface area (Å²) in [6, 6.07) is 6.55. The van der Waals surface area contributed by atoms with Crippen LogP contribution in [0.1, 0.15) is 25.3 Å². The molecule has 0 aliphatic carbocycles. The number of anilines is 2. The van der Waals surface area contributed by atoms with Crippen molar-refractivity contribution in [1.29, 1.82) is 0 Å². The van der Waals surface area contributed by atoms with Gasteiger partial charge in [-0.25, -0.2) is 0 Å². The zero-order valence-corrected chi connectivity index (χ0v) is 16.0. The third-order valence-corrected chi connectivity index (χ3v) is 5.52. The van der Waals surface area contributed by atoms with E-state index in [9.17, 15) is 4.79 Å². The van der Waals surface area contributed by atoms with Gasteiger partial charge in [-0.15, -0.1) is 11.6 Å². The lowest BCUT2D eigenvalue weighted by Gasteiger charge is -2.37. The molecule has 3 rings (SSSR count). The molecule has 1 aromatic carbocycles. The molecule has 1 amide bonds. The number of hydrogen-bond acceptors (Lipinski definition) is 4. The average molecular weight is 366 g/mol. The lowest BCUT2D eigenvalue weighted by atomic mass is 10.0. The molecule has 2 heterocycles. The molecule has 2 fully saturated rings. The molecule has 25 heavy (non-hydrogen) atoms. The Balaban J connectivity index is 1.91. The first-order chi connectivity index (χ1) is 12.1. The fraction of sp³-hybridized carbons (Fsp3) is 0.632.